The summed E-state index contributed by atoms with van der Waals surface area (Å²) in [6.07, 6.45) is 4.09. The molecule has 1 atom stereocenters. The summed E-state index contributed by atoms with van der Waals surface area (Å²) in [5.41, 5.74) is 2.15. The molecule has 1 saturated heterocycles. The monoisotopic (exact) mass is 229 g/mol. The van der Waals surface area contributed by atoms with Gasteiger partial charge in [-0.15, -0.1) is 0 Å². The number of nitrogens with one attached hydrogen (secondary N) is 1. The maximum absolute atomic E-state index is 10.9. The summed E-state index contributed by atoms with van der Waals surface area (Å²) in [5, 5.41) is 0. The maximum Gasteiger partial charge on any atom is 0.233 e. The van der Waals surface area contributed by atoms with E-state index in [-0.39, 0.29) is 5.91 Å². The first-order chi connectivity index (χ1) is 7.76. The minimum Gasteiger partial charge on any atom is -0.377 e. The van der Waals surface area contributed by atoms with Crippen LogP contribution in [0.25, 0.3) is 0 Å². The Bertz CT molecular complexity index is 209. The minimum atomic E-state index is -0.0848. The van der Waals surface area contributed by atoms with E-state index in [4.69, 9.17) is 10.6 Å². The average Bonchev–Trinajstić information content (AvgIpc) is 2.30. The molecule has 1 unspecified atom stereocenters. The van der Waals surface area contributed by atoms with Crippen LogP contribution in [0.15, 0.2) is 0 Å². The minimum absolute atomic E-state index is 0.0848. The Morgan fingerprint density at radius 1 is 1.62 bits per heavy atom. The predicted octanol–water partition coefficient (Wildman–Crippen LogP) is 0.257. The van der Waals surface area contributed by atoms with Gasteiger partial charge in [-0.3, -0.25) is 10.2 Å². The van der Waals surface area contributed by atoms with Crippen LogP contribution in [0, 0.1) is 0 Å². The van der Waals surface area contributed by atoms with Gasteiger partial charge in [-0.05, 0) is 39.3 Å². The van der Waals surface area contributed by atoms with Gasteiger partial charge in [-0.1, -0.05) is 0 Å². The van der Waals surface area contributed by atoms with E-state index < -0.39 is 0 Å². The first kappa shape index (κ1) is 13.4. The molecule has 1 fully saturated rings. The molecular weight excluding hydrogens is 206 g/mol. The molecule has 3 N–H and O–H groups in total. The zero-order chi connectivity index (χ0) is 11.8. The van der Waals surface area contributed by atoms with Crippen molar-refractivity contribution in [3.05, 3.63) is 0 Å². The van der Waals surface area contributed by atoms with E-state index in [0.717, 1.165) is 39.1 Å². The van der Waals surface area contributed by atoms with Gasteiger partial charge >= 0.3 is 0 Å². The largest absolute Gasteiger partial charge is 0.377 e. The van der Waals surface area contributed by atoms with E-state index in [2.05, 4.69) is 10.3 Å². The molecular formula is C11H23N3O2. The highest BCUT2D eigenvalue weighted by Crippen LogP contribution is 2.13. The summed E-state index contributed by atoms with van der Waals surface area (Å²) < 4.78 is 5.62. The van der Waals surface area contributed by atoms with Crippen LogP contribution in [-0.2, 0) is 9.53 Å². The summed E-state index contributed by atoms with van der Waals surface area (Å²) in [6.45, 7) is 5.89. The quantitative estimate of drug-likeness (QED) is 0.389. The van der Waals surface area contributed by atoms with E-state index in [1.54, 1.807) is 0 Å². The van der Waals surface area contributed by atoms with Crippen LogP contribution in [0.5, 0.6) is 0 Å². The summed E-state index contributed by atoms with van der Waals surface area (Å²) in [5.74, 6) is 4.93. The molecule has 16 heavy (non-hydrogen) atoms. The lowest BCUT2D eigenvalue weighted by Gasteiger charge is -2.32. The number of carbonyl (C=O) groups is 1. The van der Waals surface area contributed by atoms with Gasteiger partial charge in [-0.2, -0.15) is 0 Å². The molecule has 5 heteroatoms. The Balaban J connectivity index is 2.14. The van der Waals surface area contributed by atoms with E-state index in [9.17, 15) is 4.79 Å². The first-order valence-corrected chi connectivity index (χ1v) is 6.09. The van der Waals surface area contributed by atoms with Crippen LogP contribution in [0.3, 0.4) is 0 Å². The summed E-state index contributed by atoms with van der Waals surface area (Å²) in [7, 11) is 0. The fourth-order valence-corrected chi connectivity index (χ4v) is 2.12. The first-order valence-electron chi connectivity index (χ1n) is 6.09. The van der Waals surface area contributed by atoms with Gasteiger partial charge in [0.15, 0.2) is 0 Å². The lowest BCUT2D eigenvalue weighted by Crippen LogP contribution is -2.40. The Morgan fingerprint density at radius 2 is 2.44 bits per heavy atom. The fourth-order valence-electron chi connectivity index (χ4n) is 2.12. The van der Waals surface area contributed by atoms with Gasteiger partial charge in [0.25, 0.3) is 0 Å². The number of hydrazine groups is 1. The topological polar surface area (TPSA) is 67.6 Å². The molecule has 0 radical (unpaired) electrons. The Kier molecular flexibility index (Phi) is 6.37. The number of amides is 1. The lowest BCUT2D eigenvalue weighted by atomic mass is 10.1. The van der Waals surface area contributed by atoms with Crippen LogP contribution < -0.4 is 11.3 Å². The molecule has 0 aliphatic carbocycles. The third kappa shape index (κ3) is 4.92. The number of rotatable bonds is 6. The van der Waals surface area contributed by atoms with Gasteiger partial charge in [0, 0.05) is 19.6 Å². The molecule has 1 heterocycles. The van der Waals surface area contributed by atoms with Crippen molar-refractivity contribution in [3.63, 3.8) is 0 Å². The molecule has 94 valence electrons. The highest BCUT2D eigenvalue weighted by atomic mass is 16.5. The lowest BCUT2D eigenvalue weighted by molar-refractivity contribution is -0.121. The van der Waals surface area contributed by atoms with E-state index in [0.29, 0.717) is 12.5 Å². The van der Waals surface area contributed by atoms with E-state index in [1.165, 1.54) is 6.42 Å². The Labute approximate surface area is 97.3 Å². The number of likely N-dealkylation sites (tertiary alicyclic amines) is 1. The molecule has 0 saturated carbocycles. The van der Waals surface area contributed by atoms with Crippen molar-refractivity contribution in [1.82, 2.24) is 10.3 Å². The summed E-state index contributed by atoms with van der Waals surface area (Å²) in [4.78, 5) is 13.3. The molecule has 0 spiro atoms. The van der Waals surface area contributed by atoms with Gasteiger partial charge in [0.1, 0.15) is 0 Å². The average molecular weight is 229 g/mol. The number of ether oxygens (including phenoxy) is 1. The third-order valence-electron chi connectivity index (χ3n) is 2.90. The Morgan fingerprint density at radius 3 is 3.12 bits per heavy atom. The van der Waals surface area contributed by atoms with Gasteiger partial charge in [0.05, 0.1) is 6.10 Å². The second-order valence-corrected chi connectivity index (χ2v) is 4.19. The van der Waals surface area contributed by atoms with Crippen molar-refractivity contribution in [2.24, 2.45) is 5.84 Å². The predicted molar refractivity (Wildman–Crippen MR) is 62.7 cm³/mol. The van der Waals surface area contributed by atoms with Crippen molar-refractivity contribution in [1.29, 1.82) is 0 Å². The highest BCUT2D eigenvalue weighted by molar-refractivity contribution is 5.75. The highest BCUT2D eigenvalue weighted by Gasteiger charge is 2.19. The van der Waals surface area contributed by atoms with Crippen LogP contribution in [-0.4, -0.2) is 43.2 Å². The molecule has 0 aromatic rings. The summed E-state index contributed by atoms with van der Waals surface area (Å²) in [6, 6.07) is 0. The van der Waals surface area contributed by atoms with Crippen molar-refractivity contribution in [2.45, 2.75) is 38.7 Å². The maximum atomic E-state index is 10.9. The van der Waals surface area contributed by atoms with Crippen LogP contribution >= 0.6 is 0 Å². The van der Waals surface area contributed by atoms with Crippen molar-refractivity contribution < 1.29 is 9.53 Å². The number of piperidine rings is 1. The molecule has 1 rings (SSSR count). The number of hydrogen-bond acceptors (Lipinski definition) is 4. The zero-order valence-corrected chi connectivity index (χ0v) is 10.1. The van der Waals surface area contributed by atoms with Crippen molar-refractivity contribution in [3.8, 4) is 0 Å². The summed E-state index contributed by atoms with van der Waals surface area (Å²) >= 11 is 0. The number of carbonyl (C=O) groups excluding carboxylic acids is 1. The molecule has 0 aromatic heterocycles. The number of nitrogens with two attached hydrogens (primary N) is 1. The smallest absolute Gasteiger partial charge is 0.233 e. The van der Waals surface area contributed by atoms with Crippen LogP contribution in [0.2, 0.25) is 0 Å². The molecule has 1 aliphatic rings. The standard InChI is InChI=1S/C11H23N3O2/c1-2-16-10-5-3-7-14(9-10)8-4-6-11(15)13-12/h10H,2-9,12H2,1H3,(H,13,15). The van der Waals surface area contributed by atoms with Gasteiger partial charge < -0.3 is 9.64 Å². The molecule has 1 amide bonds. The molecule has 5 nitrogen and oxygen atoms in total. The Hall–Kier alpha value is -0.650. The second-order valence-electron chi connectivity index (χ2n) is 4.19. The van der Waals surface area contributed by atoms with E-state index in [1.807, 2.05) is 6.92 Å². The van der Waals surface area contributed by atoms with Gasteiger partial charge in [0.2, 0.25) is 5.91 Å². The molecule has 0 bridgehead atoms. The molecule has 0 aromatic carbocycles. The van der Waals surface area contributed by atoms with Crippen LogP contribution in [0.4, 0.5) is 0 Å². The second kappa shape index (κ2) is 7.60. The zero-order valence-electron chi connectivity index (χ0n) is 10.1. The van der Waals surface area contributed by atoms with Crippen molar-refractivity contribution in [2.75, 3.05) is 26.2 Å². The van der Waals surface area contributed by atoms with E-state index >= 15 is 0 Å². The third-order valence-corrected chi connectivity index (χ3v) is 2.90. The van der Waals surface area contributed by atoms with Crippen molar-refractivity contribution >= 4 is 5.91 Å². The fraction of sp³-hybridized carbons (Fsp3) is 0.909. The molecule has 1 aliphatic heterocycles. The van der Waals surface area contributed by atoms with Gasteiger partial charge in [-0.25, -0.2) is 5.84 Å². The number of hydrogen-bond donors (Lipinski definition) is 2. The SMILES string of the molecule is CCOC1CCCN(CCCC(=O)NN)C1. The van der Waals surface area contributed by atoms with Crippen LogP contribution in [0.1, 0.15) is 32.6 Å². The number of nitrogens with zero attached hydrogens (tertiary/aromatic N) is 1. The normalized spacial score (nSPS) is 22.0.